The van der Waals surface area contributed by atoms with Gasteiger partial charge in [0, 0.05) is 33.0 Å². The van der Waals surface area contributed by atoms with E-state index in [0.717, 1.165) is 22.5 Å². The van der Waals surface area contributed by atoms with E-state index in [1.54, 1.807) is 24.5 Å². The van der Waals surface area contributed by atoms with Gasteiger partial charge in [-0.2, -0.15) is 0 Å². The molecular weight excluding hydrogens is 354 g/mol. The highest BCUT2D eigenvalue weighted by Gasteiger charge is 2.13. The molecule has 3 rings (SSSR count). The van der Waals surface area contributed by atoms with Crippen LogP contribution in [0.5, 0.6) is 0 Å². The lowest BCUT2D eigenvalue weighted by atomic mass is 10.1. The molecule has 0 radical (unpaired) electrons. The van der Waals surface area contributed by atoms with Crippen molar-refractivity contribution in [3.05, 3.63) is 72.7 Å². The summed E-state index contributed by atoms with van der Waals surface area (Å²) in [4.78, 5) is 34.2. The van der Waals surface area contributed by atoms with Crippen LogP contribution in [0.15, 0.2) is 67.1 Å². The van der Waals surface area contributed by atoms with Crippen molar-refractivity contribution in [2.24, 2.45) is 0 Å². The van der Waals surface area contributed by atoms with Gasteiger partial charge >= 0.3 is 11.8 Å². The fourth-order valence-electron chi connectivity index (χ4n) is 2.52. The molecule has 1 aromatic carbocycles. The molecule has 7 heteroatoms. The summed E-state index contributed by atoms with van der Waals surface area (Å²) in [5.74, 6) is -0.670. The largest absolute Gasteiger partial charge is 0.363 e. The highest BCUT2D eigenvalue weighted by atomic mass is 16.2. The number of carbonyl (C=O) groups is 2. The summed E-state index contributed by atoms with van der Waals surface area (Å²) in [6, 6.07) is 15.0. The first-order valence-electron chi connectivity index (χ1n) is 8.75. The third-order valence-electron chi connectivity index (χ3n) is 4.07. The van der Waals surface area contributed by atoms with Crippen LogP contribution in [0.25, 0.3) is 11.1 Å². The predicted octanol–water partition coefficient (Wildman–Crippen LogP) is 2.46. The Bertz CT molecular complexity index is 939. The van der Waals surface area contributed by atoms with Gasteiger partial charge in [-0.1, -0.05) is 30.3 Å². The van der Waals surface area contributed by atoms with Crippen LogP contribution in [0.4, 0.5) is 11.5 Å². The maximum absolute atomic E-state index is 12.0. The maximum Gasteiger partial charge on any atom is 0.313 e. The van der Waals surface area contributed by atoms with Gasteiger partial charge in [-0.25, -0.2) is 4.98 Å². The highest BCUT2D eigenvalue weighted by Crippen LogP contribution is 2.18. The van der Waals surface area contributed by atoms with Gasteiger partial charge in [-0.15, -0.1) is 0 Å². The Morgan fingerprint density at radius 3 is 2.32 bits per heavy atom. The Morgan fingerprint density at radius 1 is 0.929 bits per heavy atom. The van der Waals surface area contributed by atoms with Crippen LogP contribution in [0.2, 0.25) is 0 Å². The molecule has 28 heavy (non-hydrogen) atoms. The number of nitrogens with zero attached hydrogens (tertiary/aromatic N) is 3. The van der Waals surface area contributed by atoms with Gasteiger partial charge in [0.05, 0.1) is 11.9 Å². The first-order chi connectivity index (χ1) is 13.5. The average molecular weight is 375 g/mol. The van der Waals surface area contributed by atoms with Crippen LogP contribution in [0, 0.1) is 0 Å². The summed E-state index contributed by atoms with van der Waals surface area (Å²) in [6.45, 7) is 0.261. The molecule has 0 aliphatic carbocycles. The molecule has 0 spiro atoms. The lowest BCUT2D eigenvalue weighted by Crippen LogP contribution is -2.35. The second kappa shape index (κ2) is 8.77. The van der Waals surface area contributed by atoms with Crippen LogP contribution < -0.4 is 15.5 Å². The summed E-state index contributed by atoms with van der Waals surface area (Å²) in [6.07, 6.45) is 5.03. The van der Waals surface area contributed by atoms with Crippen molar-refractivity contribution < 1.29 is 9.59 Å². The van der Waals surface area contributed by atoms with Crippen molar-refractivity contribution in [1.82, 2.24) is 15.3 Å². The third kappa shape index (κ3) is 4.91. The number of aromatic nitrogens is 2. The van der Waals surface area contributed by atoms with Gasteiger partial charge in [0.15, 0.2) is 0 Å². The topological polar surface area (TPSA) is 87.2 Å². The van der Waals surface area contributed by atoms with E-state index in [-0.39, 0.29) is 6.54 Å². The Balaban J connectivity index is 1.52. The molecule has 2 aromatic heterocycles. The number of nitrogens with one attached hydrogen (secondary N) is 2. The number of pyridine rings is 2. The Hall–Kier alpha value is -3.74. The van der Waals surface area contributed by atoms with E-state index >= 15 is 0 Å². The van der Waals surface area contributed by atoms with Gasteiger partial charge in [0.25, 0.3) is 0 Å². The fraction of sp³-hybridized carbons (Fsp3) is 0.143. The molecule has 0 saturated heterocycles. The first kappa shape index (κ1) is 19.0. The van der Waals surface area contributed by atoms with Crippen molar-refractivity contribution in [3.8, 4) is 11.1 Å². The number of benzene rings is 1. The molecule has 0 bridgehead atoms. The van der Waals surface area contributed by atoms with Crippen LogP contribution in [-0.2, 0) is 16.1 Å². The van der Waals surface area contributed by atoms with Crippen molar-refractivity contribution in [2.45, 2.75) is 6.54 Å². The van der Waals surface area contributed by atoms with Crippen molar-refractivity contribution >= 4 is 23.3 Å². The number of hydrogen-bond donors (Lipinski definition) is 2. The fourth-order valence-corrected chi connectivity index (χ4v) is 2.52. The van der Waals surface area contributed by atoms with Gasteiger partial charge in [-0.05, 0) is 34.9 Å². The Morgan fingerprint density at radius 2 is 1.71 bits per heavy atom. The molecule has 3 aromatic rings. The summed E-state index contributed by atoms with van der Waals surface area (Å²) in [5, 5.41) is 5.15. The number of anilines is 2. The third-order valence-corrected chi connectivity index (χ3v) is 4.07. The van der Waals surface area contributed by atoms with Gasteiger partial charge in [0.1, 0.15) is 5.82 Å². The van der Waals surface area contributed by atoms with Crippen molar-refractivity contribution in [1.29, 1.82) is 0 Å². The van der Waals surface area contributed by atoms with E-state index < -0.39 is 11.8 Å². The molecule has 0 aliphatic rings. The molecular formula is C21H21N5O2. The van der Waals surface area contributed by atoms with E-state index in [0.29, 0.717) is 5.69 Å². The second-order valence-corrected chi connectivity index (χ2v) is 6.37. The number of amides is 2. The van der Waals surface area contributed by atoms with Crippen molar-refractivity contribution in [3.63, 3.8) is 0 Å². The van der Waals surface area contributed by atoms with E-state index in [4.69, 9.17) is 0 Å². The lowest BCUT2D eigenvalue weighted by Gasteiger charge is -2.11. The zero-order valence-corrected chi connectivity index (χ0v) is 15.7. The molecule has 142 valence electrons. The smallest absolute Gasteiger partial charge is 0.313 e. The summed E-state index contributed by atoms with van der Waals surface area (Å²) in [7, 11) is 3.74. The summed E-state index contributed by atoms with van der Waals surface area (Å²) >= 11 is 0. The van der Waals surface area contributed by atoms with Crippen LogP contribution in [0.1, 0.15) is 5.56 Å². The minimum Gasteiger partial charge on any atom is -0.363 e. The zero-order chi connectivity index (χ0) is 19.9. The number of rotatable bonds is 5. The van der Waals surface area contributed by atoms with E-state index in [1.807, 2.05) is 55.4 Å². The van der Waals surface area contributed by atoms with E-state index in [2.05, 4.69) is 20.6 Å². The minimum absolute atomic E-state index is 0.261. The normalized spacial score (nSPS) is 10.2. The molecule has 0 saturated carbocycles. The highest BCUT2D eigenvalue weighted by molar-refractivity contribution is 6.39. The number of hydrogen-bond acceptors (Lipinski definition) is 5. The molecule has 0 unspecified atom stereocenters. The summed E-state index contributed by atoms with van der Waals surface area (Å²) in [5.41, 5.74) is 3.42. The molecule has 2 heterocycles. The molecule has 2 N–H and O–H groups in total. The van der Waals surface area contributed by atoms with Gasteiger partial charge in [0.2, 0.25) is 0 Å². The Labute approximate surface area is 163 Å². The minimum atomic E-state index is -0.730. The average Bonchev–Trinajstić information content (AvgIpc) is 2.73. The Kier molecular flexibility index (Phi) is 5.96. The predicted molar refractivity (Wildman–Crippen MR) is 109 cm³/mol. The zero-order valence-electron chi connectivity index (χ0n) is 15.7. The lowest BCUT2D eigenvalue weighted by molar-refractivity contribution is -0.136. The second-order valence-electron chi connectivity index (χ2n) is 6.37. The number of carbonyl (C=O) groups excluding carboxylic acids is 2. The van der Waals surface area contributed by atoms with Crippen LogP contribution in [0.3, 0.4) is 0 Å². The van der Waals surface area contributed by atoms with Crippen LogP contribution in [-0.4, -0.2) is 35.9 Å². The van der Waals surface area contributed by atoms with E-state index in [9.17, 15) is 9.59 Å². The van der Waals surface area contributed by atoms with E-state index in [1.165, 1.54) is 6.20 Å². The first-order valence-corrected chi connectivity index (χ1v) is 8.75. The van der Waals surface area contributed by atoms with Crippen molar-refractivity contribution in [2.75, 3.05) is 24.3 Å². The van der Waals surface area contributed by atoms with Gasteiger partial charge in [-0.3, -0.25) is 14.6 Å². The van der Waals surface area contributed by atoms with Crippen LogP contribution >= 0.6 is 0 Å². The quantitative estimate of drug-likeness (QED) is 0.669. The maximum atomic E-state index is 12.0. The molecule has 0 fully saturated rings. The summed E-state index contributed by atoms with van der Waals surface area (Å²) < 4.78 is 0. The SMILES string of the molecule is CN(C)c1ccc(NC(=O)C(=O)NCc2ccc(-c3cccnc3)cc2)cn1. The molecule has 7 nitrogen and oxygen atoms in total. The molecule has 0 atom stereocenters. The standard InChI is InChI=1S/C21H21N5O2/c1-26(2)19-10-9-18(14-23-19)25-21(28)20(27)24-12-15-5-7-16(8-6-15)17-4-3-11-22-13-17/h3-11,13-14H,12H2,1-2H3,(H,24,27)(H,25,28). The molecule has 0 aliphatic heterocycles. The van der Waals surface area contributed by atoms with Gasteiger partial charge < -0.3 is 15.5 Å². The monoisotopic (exact) mass is 375 g/mol. The molecule has 2 amide bonds.